The molecule has 1 aliphatic rings. The summed E-state index contributed by atoms with van der Waals surface area (Å²) in [5.74, 6) is 0. The molecule has 0 radical (unpaired) electrons. The molecule has 3 rings (SSSR count). The van der Waals surface area contributed by atoms with E-state index in [1.807, 2.05) is 24.3 Å². The van der Waals surface area contributed by atoms with Crippen LogP contribution >= 0.6 is 27.3 Å². The van der Waals surface area contributed by atoms with Gasteiger partial charge in [-0.05, 0) is 33.1 Å². The lowest BCUT2D eigenvalue weighted by Crippen LogP contribution is -2.25. The fourth-order valence-electron chi connectivity index (χ4n) is 2.26. The average Bonchev–Trinajstić information content (AvgIpc) is 3.02. The van der Waals surface area contributed by atoms with Gasteiger partial charge in [-0.15, -0.1) is 11.3 Å². The molecule has 0 unspecified atom stereocenters. The van der Waals surface area contributed by atoms with Crippen LogP contribution in [0.25, 0.3) is 0 Å². The van der Waals surface area contributed by atoms with Crippen molar-refractivity contribution in [2.45, 2.75) is 24.6 Å². The van der Waals surface area contributed by atoms with Crippen molar-refractivity contribution in [2.75, 3.05) is 0 Å². The highest BCUT2D eigenvalue weighted by Gasteiger charge is 2.32. The van der Waals surface area contributed by atoms with Crippen molar-refractivity contribution < 1.29 is 13.5 Å². The van der Waals surface area contributed by atoms with Gasteiger partial charge in [-0.3, -0.25) is 0 Å². The summed E-state index contributed by atoms with van der Waals surface area (Å²) in [7, 11) is -3.54. The monoisotopic (exact) mass is 373 g/mol. The lowest BCUT2D eigenvalue weighted by atomic mass is 10.1. The molecule has 0 amide bonds. The predicted molar refractivity (Wildman–Crippen MR) is 80.8 cm³/mol. The molecule has 0 spiro atoms. The van der Waals surface area contributed by atoms with Gasteiger partial charge in [0.1, 0.15) is 4.90 Å². The van der Waals surface area contributed by atoms with E-state index in [9.17, 15) is 8.42 Å². The number of aliphatic hydroxyl groups excluding tert-OH is 1. The Labute approximate surface area is 129 Å². The number of aliphatic hydroxyl groups is 1. The Morgan fingerprint density at radius 1 is 1.25 bits per heavy atom. The fraction of sp³-hybridized carbons (Fsp3) is 0.231. The van der Waals surface area contributed by atoms with Gasteiger partial charge in [0.25, 0.3) is 0 Å². The molecule has 2 heterocycles. The van der Waals surface area contributed by atoms with Crippen LogP contribution in [0.5, 0.6) is 0 Å². The maximum atomic E-state index is 12.7. The first-order chi connectivity index (χ1) is 9.52. The minimum Gasteiger partial charge on any atom is -0.391 e. The number of nitrogens with zero attached hydrogens (tertiary/aromatic N) is 1. The Kier molecular flexibility index (Phi) is 3.72. The third-order valence-electron chi connectivity index (χ3n) is 3.29. The number of hydrogen-bond donors (Lipinski definition) is 1. The molecule has 1 aromatic carbocycles. The van der Waals surface area contributed by atoms with Crippen LogP contribution in [0.3, 0.4) is 0 Å². The molecule has 1 N–H and O–H groups in total. The highest BCUT2D eigenvalue weighted by molar-refractivity contribution is 9.11. The van der Waals surface area contributed by atoms with Crippen LogP contribution in [-0.2, 0) is 29.7 Å². The quantitative estimate of drug-likeness (QED) is 0.899. The van der Waals surface area contributed by atoms with Crippen molar-refractivity contribution in [3.05, 3.63) is 50.1 Å². The fourth-order valence-corrected chi connectivity index (χ4v) is 6.15. The van der Waals surface area contributed by atoms with Gasteiger partial charge in [0.2, 0.25) is 10.0 Å². The molecule has 0 aliphatic carbocycles. The molecule has 0 saturated carbocycles. The standard InChI is InChI=1S/C13H12BrNO3S2/c14-13-12(5-11(8-16)19-13)20(17,18)15-6-9-3-1-2-4-10(9)7-15/h1-5,16H,6-8H2. The molecular weight excluding hydrogens is 362 g/mol. The molecule has 1 aromatic heterocycles. The van der Waals surface area contributed by atoms with Crippen molar-refractivity contribution in [3.8, 4) is 0 Å². The molecule has 4 nitrogen and oxygen atoms in total. The largest absolute Gasteiger partial charge is 0.391 e. The van der Waals surface area contributed by atoms with Crippen LogP contribution in [-0.4, -0.2) is 17.8 Å². The van der Waals surface area contributed by atoms with Crippen molar-refractivity contribution in [3.63, 3.8) is 0 Å². The smallest absolute Gasteiger partial charge is 0.245 e. The third-order valence-corrected chi connectivity index (χ3v) is 7.32. The van der Waals surface area contributed by atoms with Crippen molar-refractivity contribution in [1.29, 1.82) is 0 Å². The molecule has 20 heavy (non-hydrogen) atoms. The zero-order chi connectivity index (χ0) is 14.3. The van der Waals surface area contributed by atoms with E-state index in [2.05, 4.69) is 15.9 Å². The topological polar surface area (TPSA) is 57.6 Å². The highest BCUT2D eigenvalue weighted by atomic mass is 79.9. The second-order valence-electron chi connectivity index (χ2n) is 4.55. The van der Waals surface area contributed by atoms with E-state index in [0.29, 0.717) is 21.8 Å². The Bertz CT molecular complexity index is 730. The molecule has 0 fully saturated rings. The molecule has 0 saturated heterocycles. The second-order valence-corrected chi connectivity index (χ2v) is 8.91. The summed E-state index contributed by atoms with van der Waals surface area (Å²) in [5, 5.41) is 9.13. The van der Waals surface area contributed by atoms with E-state index in [4.69, 9.17) is 5.11 Å². The molecule has 0 atom stereocenters. The van der Waals surface area contributed by atoms with E-state index < -0.39 is 10.0 Å². The summed E-state index contributed by atoms with van der Waals surface area (Å²) in [6, 6.07) is 9.27. The Morgan fingerprint density at radius 2 is 1.85 bits per heavy atom. The van der Waals surface area contributed by atoms with E-state index in [1.54, 1.807) is 0 Å². The number of fused-ring (bicyclic) bond motifs is 1. The summed E-state index contributed by atoms with van der Waals surface area (Å²) in [6.07, 6.45) is 0. The number of rotatable bonds is 3. The highest BCUT2D eigenvalue weighted by Crippen LogP contribution is 2.36. The maximum absolute atomic E-state index is 12.7. The number of halogens is 1. The SMILES string of the molecule is O=S(=O)(c1cc(CO)sc1Br)N1Cc2ccccc2C1. The van der Waals surface area contributed by atoms with Crippen molar-refractivity contribution in [2.24, 2.45) is 0 Å². The number of benzene rings is 1. The summed E-state index contributed by atoms with van der Waals surface area (Å²) < 4.78 is 27.4. The average molecular weight is 374 g/mol. The zero-order valence-electron chi connectivity index (χ0n) is 10.4. The maximum Gasteiger partial charge on any atom is 0.245 e. The summed E-state index contributed by atoms with van der Waals surface area (Å²) in [5.41, 5.74) is 2.09. The van der Waals surface area contributed by atoms with Gasteiger partial charge in [-0.25, -0.2) is 8.42 Å². The van der Waals surface area contributed by atoms with Gasteiger partial charge < -0.3 is 5.11 Å². The normalized spacial score (nSPS) is 15.5. The zero-order valence-corrected chi connectivity index (χ0v) is 13.6. The van der Waals surface area contributed by atoms with E-state index in [-0.39, 0.29) is 11.5 Å². The van der Waals surface area contributed by atoms with Gasteiger partial charge in [0.05, 0.1) is 10.4 Å². The van der Waals surface area contributed by atoms with Crippen LogP contribution in [0.4, 0.5) is 0 Å². The minimum absolute atomic E-state index is 0.154. The van der Waals surface area contributed by atoms with Crippen molar-refractivity contribution >= 4 is 37.3 Å². The first-order valence-corrected chi connectivity index (χ1v) is 9.03. The molecular formula is C13H12BrNO3S2. The number of hydrogen-bond acceptors (Lipinski definition) is 4. The van der Waals surface area contributed by atoms with E-state index in [1.165, 1.54) is 21.7 Å². The van der Waals surface area contributed by atoms with Crippen LogP contribution in [0.1, 0.15) is 16.0 Å². The van der Waals surface area contributed by atoms with E-state index in [0.717, 1.165) is 11.1 Å². The number of thiophene rings is 1. The Hall–Kier alpha value is -0.730. The third kappa shape index (κ3) is 2.33. The summed E-state index contributed by atoms with van der Waals surface area (Å²) >= 11 is 4.52. The molecule has 2 aromatic rings. The lowest BCUT2D eigenvalue weighted by molar-refractivity contribution is 0.285. The Morgan fingerprint density at radius 3 is 2.35 bits per heavy atom. The predicted octanol–water partition coefficient (Wildman–Crippen LogP) is 2.71. The molecule has 0 bridgehead atoms. The Balaban J connectivity index is 1.96. The second kappa shape index (κ2) is 5.23. The first-order valence-electron chi connectivity index (χ1n) is 5.98. The van der Waals surface area contributed by atoms with Gasteiger partial charge in [0, 0.05) is 18.0 Å². The van der Waals surface area contributed by atoms with Gasteiger partial charge in [-0.2, -0.15) is 4.31 Å². The summed E-state index contributed by atoms with van der Waals surface area (Å²) in [6.45, 7) is 0.642. The van der Waals surface area contributed by atoms with E-state index >= 15 is 0 Å². The van der Waals surface area contributed by atoms with Gasteiger partial charge in [0.15, 0.2) is 0 Å². The van der Waals surface area contributed by atoms with Gasteiger partial charge in [-0.1, -0.05) is 24.3 Å². The molecule has 7 heteroatoms. The van der Waals surface area contributed by atoms with Crippen LogP contribution in [0, 0.1) is 0 Å². The van der Waals surface area contributed by atoms with Gasteiger partial charge >= 0.3 is 0 Å². The van der Waals surface area contributed by atoms with Crippen LogP contribution in [0.2, 0.25) is 0 Å². The number of sulfonamides is 1. The molecule has 106 valence electrons. The van der Waals surface area contributed by atoms with Crippen LogP contribution < -0.4 is 0 Å². The lowest BCUT2D eigenvalue weighted by Gasteiger charge is -2.14. The minimum atomic E-state index is -3.54. The molecule has 1 aliphatic heterocycles. The first kappa shape index (κ1) is 14.2. The van der Waals surface area contributed by atoms with Crippen LogP contribution in [0.15, 0.2) is 39.0 Å². The van der Waals surface area contributed by atoms with Crippen molar-refractivity contribution in [1.82, 2.24) is 4.31 Å². The summed E-state index contributed by atoms with van der Waals surface area (Å²) in [4.78, 5) is 0.867.